The van der Waals surface area contributed by atoms with Crippen molar-refractivity contribution >= 4 is 22.6 Å². The highest BCUT2D eigenvalue weighted by Gasteiger charge is 2.24. The van der Waals surface area contributed by atoms with Gasteiger partial charge in [-0.1, -0.05) is 18.2 Å². The summed E-state index contributed by atoms with van der Waals surface area (Å²) in [6.07, 6.45) is 6.09. The second-order valence-corrected chi connectivity index (χ2v) is 8.82. The zero-order valence-electron chi connectivity index (χ0n) is 19.8. The summed E-state index contributed by atoms with van der Waals surface area (Å²) in [5.74, 6) is 0.889. The highest BCUT2D eigenvalue weighted by Crippen LogP contribution is 2.27. The molecule has 1 fully saturated rings. The number of nitrogens with one attached hydrogen (secondary N) is 1. The Hall–Kier alpha value is -3.84. The molecule has 180 valence electrons. The summed E-state index contributed by atoms with van der Waals surface area (Å²) < 4.78 is 16.9. The minimum atomic E-state index is -0.00549. The van der Waals surface area contributed by atoms with Gasteiger partial charge in [0.25, 0.3) is 5.91 Å². The van der Waals surface area contributed by atoms with Gasteiger partial charge >= 0.3 is 0 Å². The van der Waals surface area contributed by atoms with Crippen molar-refractivity contribution in [1.29, 1.82) is 0 Å². The SMILES string of the molecule is COc1ccc(C(=O)N2CCOC[C@H](Cc3ccc4ccoc4c3)C2)cc1NCc1cccnc1. The number of hydrogen-bond donors (Lipinski definition) is 1. The molecular formula is C28H29N3O4. The number of anilines is 1. The Balaban J connectivity index is 1.29. The maximum atomic E-state index is 13.5. The van der Waals surface area contributed by atoms with E-state index < -0.39 is 0 Å². The number of furan rings is 1. The van der Waals surface area contributed by atoms with Crippen molar-refractivity contribution < 1.29 is 18.7 Å². The number of fused-ring (bicyclic) bond motifs is 1. The van der Waals surface area contributed by atoms with Crippen molar-refractivity contribution in [3.63, 3.8) is 0 Å². The Kier molecular flexibility index (Phi) is 6.95. The van der Waals surface area contributed by atoms with Crippen LogP contribution in [0.1, 0.15) is 21.5 Å². The molecule has 1 aliphatic heterocycles. The molecule has 1 amide bonds. The van der Waals surface area contributed by atoms with Crippen LogP contribution in [0.15, 0.2) is 77.7 Å². The van der Waals surface area contributed by atoms with E-state index in [2.05, 4.69) is 28.5 Å². The summed E-state index contributed by atoms with van der Waals surface area (Å²) in [6.45, 7) is 2.94. The van der Waals surface area contributed by atoms with Gasteiger partial charge in [-0.2, -0.15) is 0 Å². The quantitative estimate of drug-likeness (QED) is 0.418. The summed E-state index contributed by atoms with van der Waals surface area (Å²) in [5.41, 5.74) is 4.51. The topological polar surface area (TPSA) is 76.8 Å². The summed E-state index contributed by atoms with van der Waals surface area (Å²) in [6, 6.07) is 17.7. The van der Waals surface area contributed by atoms with Gasteiger partial charge in [0.1, 0.15) is 11.3 Å². The fourth-order valence-corrected chi connectivity index (χ4v) is 4.51. The first-order chi connectivity index (χ1) is 17.2. The minimum Gasteiger partial charge on any atom is -0.495 e. The molecule has 35 heavy (non-hydrogen) atoms. The number of aromatic nitrogens is 1. The fourth-order valence-electron chi connectivity index (χ4n) is 4.51. The number of amides is 1. The molecule has 0 saturated carbocycles. The van der Waals surface area contributed by atoms with Gasteiger partial charge in [-0.05, 0) is 53.9 Å². The van der Waals surface area contributed by atoms with Crippen molar-refractivity contribution in [3.05, 3.63) is 89.9 Å². The Morgan fingerprint density at radius 2 is 2.11 bits per heavy atom. The zero-order valence-corrected chi connectivity index (χ0v) is 19.8. The molecule has 0 bridgehead atoms. The predicted octanol–water partition coefficient (Wildman–Crippen LogP) is 4.78. The van der Waals surface area contributed by atoms with Gasteiger partial charge in [0.2, 0.25) is 0 Å². The molecule has 1 N–H and O–H groups in total. The lowest BCUT2D eigenvalue weighted by atomic mass is 9.98. The average molecular weight is 472 g/mol. The normalized spacial score (nSPS) is 16.1. The van der Waals surface area contributed by atoms with Crippen LogP contribution in [0.25, 0.3) is 11.0 Å². The van der Waals surface area contributed by atoms with Crippen LogP contribution in [0.3, 0.4) is 0 Å². The van der Waals surface area contributed by atoms with Gasteiger partial charge < -0.3 is 24.1 Å². The van der Waals surface area contributed by atoms with Gasteiger partial charge in [0.05, 0.1) is 32.3 Å². The molecule has 2 aromatic heterocycles. The molecule has 4 aromatic rings. The van der Waals surface area contributed by atoms with Crippen molar-refractivity contribution in [2.45, 2.75) is 13.0 Å². The molecular weight excluding hydrogens is 442 g/mol. The van der Waals surface area contributed by atoms with Crippen LogP contribution in [-0.2, 0) is 17.7 Å². The number of benzene rings is 2. The third-order valence-electron chi connectivity index (χ3n) is 6.32. The molecule has 5 rings (SSSR count). The van der Waals surface area contributed by atoms with E-state index in [1.807, 2.05) is 47.5 Å². The van der Waals surface area contributed by atoms with E-state index >= 15 is 0 Å². The number of hydrogen-bond acceptors (Lipinski definition) is 6. The van der Waals surface area contributed by atoms with Crippen LogP contribution < -0.4 is 10.1 Å². The number of methoxy groups -OCH3 is 1. The molecule has 1 saturated heterocycles. The van der Waals surface area contributed by atoms with Crippen LogP contribution >= 0.6 is 0 Å². The summed E-state index contributed by atoms with van der Waals surface area (Å²) in [5, 5.41) is 4.47. The van der Waals surface area contributed by atoms with Crippen LogP contribution in [0.2, 0.25) is 0 Å². The van der Waals surface area contributed by atoms with Crippen LogP contribution in [0.5, 0.6) is 5.75 Å². The van der Waals surface area contributed by atoms with Gasteiger partial charge in [0, 0.05) is 48.9 Å². The molecule has 7 nitrogen and oxygen atoms in total. The van der Waals surface area contributed by atoms with E-state index in [-0.39, 0.29) is 11.8 Å². The summed E-state index contributed by atoms with van der Waals surface area (Å²) in [4.78, 5) is 19.5. The standard InChI is InChI=1S/C28H29N3O4/c1-33-26-7-6-24(15-25(26)30-17-21-3-2-9-29-16-21)28(32)31-10-12-34-19-22(18-31)13-20-4-5-23-8-11-35-27(23)14-20/h2-9,11,14-16,22,30H,10,12-13,17-19H2,1H3/t22-/m1/s1. The first-order valence-electron chi connectivity index (χ1n) is 11.8. The number of pyridine rings is 1. The Morgan fingerprint density at radius 3 is 2.97 bits per heavy atom. The Labute approximate surface area is 204 Å². The van der Waals surface area contributed by atoms with E-state index in [0.29, 0.717) is 44.2 Å². The molecule has 0 spiro atoms. The second kappa shape index (κ2) is 10.6. The van der Waals surface area contributed by atoms with Gasteiger partial charge in [-0.25, -0.2) is 0 Å². The molecule has 0 aliphatic carbocycles. The maximum absolute atomic E-state index is 13.5. The summed E-state index contributed by atoms with van der Waals surface area (Å²) >= 11 is 0. The number of carbonyl (C=O) groups is 1. The number of carbonyl (C=O) groups excluding carboxylic acids is 1. The van der Waals surface area contributed by atoms with Crippen LogP contribution in [-0.4, -0.2) is 49.2 Å². The lowest BCUT2D eigenvalue weighted by Crippen LogP contribution is -2.36. The number of rotatable bonds is 7. The predicted molar refractivity (Wildman–Crippen MR) is 135 cm³/mol. The second-order valence-electron chi connectivity index (χ2n) is 8.82. The van der Waals surface area contributed by atoms with Crippen molar-refractivity contribution in [1.82, 2.24) is 9.88 Å². The number of nitrogens with zero attached hydrogens (tertiary/aromatic N) is 2. The fraction of sp³-hybridized carbons (Fsp3) is 0.286. The lowest BCUT2D eigenvalue weighted by Gasteiger charge is -2.24. The highest BCUT2D eigenvalue weighted by molar-refractivity contribution is 5.95. The largest absolute Gasteiger partial charge is 0.495 e. The third-order valence-corrected chi connectivity index (χ3v) is 6.32. The monoisotopic (exact) mass is 471 g/mol. The first-order valence-corrected chi connectivity index (χ1v) is 11.8. The molecule has 0 unspecified atom stereocenters. The smallest absolute Gasteiger partial charge is 0.254 e. The van der Waals surface area contributed by atoms with Crippen LogP contribution in [0.4, 0.5) is 5.69 Å². The molecule has 1 aliphatic rings. The van der Waals surface area contributed by atoms with E-state index in [0.717, 1.165) is 28.6 Å². The Bertz CT molecular complexity index is 1290. The minimum absolute atomic E-state index is 0.00549. The molecule has 3 heterocycles. The van der Waals surface area contributed by atoms with Crippen molar-refractivity contribution in [3.8, 4) is 5.75 Å². The molecule has 7 heteroatoms. The molecule has 2 aromatic carbocycles. The third kappa shape index (κ3) is 5.46. The van der Waals surface area contributed by atoms with Gasteiger partial charge in [0.15, 0.2) is 0 Å². The van der Waals surface area contributed by atoms with Crippen LogP contribution in [0, 0.1) is 5.92 Å². The maximum Gasteiger partial charge on any atom is 0.254 e. The average Bonchev–Trinajstić information content (AvgIpc) is 3.24. The molecule has 0 radical (unpaired) electrons. The zero-order chi connectivity index (χ0) is 24.0. The van der Waals surface area contributed by atoms with Gasteiger partial charge in [-0.3, -0.25) is 9.78 Å². The van der Waals surface area contributed by atoms with E-state index in [1.165, 1.54) is 5.56 Å². The van der Waals surface area contributed by atoms with Crippen molar-refractivity contribution in [2.24, 2.45) is 5.92 Å². The van der Waals surface area contributed by atoms with Gasteiger partial charge in [-0.15, -0.1) is 0 Å². The van der Waals surface area contributed by atoms with E-state index in [4.69, 9.17) is 13.9 Å². The summed E-state index contributed by atoms with van der Waals surface area (Å²) in [7, 11) is 1.63. The molecule has 1 atom stereocenters. The number of ether oxygens (including phenoxy) is 2. The Morgan fingerprint density at radius 1 is 1.17 bits per heavy atom. The van der Waals surface area contributed by atoms with Crippen molar-refractivity contribution in [2.75, 3.05) is 38.7 Å². The highest BCUT2D eigenvalue weighted by atomic mass is 16.5. The van der Waals surface area contributed by atoms with E-state index in [9.17, 15) is 4.79 Å². The first kappa shape index (κ1) is 22.9. The van der Waals surface area contributed by atoms with E-state index in [1.54, 1.807) is 19.6 Å². The lowest BCUT2D eigenvalue weighted by molar-refractivity contribution is 0.0737.